The van der Waals surface area contributed by atoms with Crippen LogP contribution in [0.25, 0.3) is 0 Å². The van der Waals surface area contributed by atoms with Crippen LogP contribution in [-0.2, 0) is 10.0 Å². The van der Waals surface area contributed by atoms with E-state index in [1.165, 1.54) is 0 Å². The van der Waals surface area contributed by atoms with Crippen LogP contribution in [0.15, 0.2) is 82.2 Å². The molecule has 0 saturated carbocycles. The molecule has 1 aliphatic carbocycles. The highest BCUT2D eigenvalue weighted by molar-refractivity contribution is 9.10. The maximum Gasteiger partial charge on any atom is 0.261 e. The van der Waals surface area contributed by atoms with Crippen LogP contribution in [0, 0.1) is 5.92 Å². The molecule has 3 aromatic carbocycles. The lowest BCUT2D eigenvalue weighted by Gasteiger charge is -2.38. The highest BCUT2D eigenvalue weighted by Crippen LogP contribution is 2.51. The highest BCUT2D eigenvalue weighted by Gasteiger charge is 2.39. The first-order valence-corrected chi connectivity index (χ1v) is 13.2. The van der Waals surface area contributed by atoms with Gasteiger partial charge in [0, 0.05) is 26.7 Å². The third-order valence-corrected chi connectivity index (χ3v) is 8.36. The van der Waals surface area contributed by atoms with Crippen LogP contribution in [0.1, 0.15) is 29.5 Å². The Labute approximate surface area is 207 Å². The van der Waals surface area contributed by atoms with Gasteiger partial charge in [0.1, 0.15) is 5.75 Å². The molecule has 3 atom stereocenters. The minimum absolute atomic E-state index is 0.0389. The number of rotatable bonds is 5. The molecule has 5 rings (SSSR count). The van der Waals surface area contributed by atoms with Crippen molar-refractivity contribution in [3.8, 4) is 5.75 Å². The minimum Gasteiger partial charge on any atom is -0.496 e. The lowest BCUT2D eigenvalue weighted by molar-refractivity contribution is 0.381. The summed E-state index contributed by atoms with van der Waals surface area (Å²) in [7, 11) is -2.08. The second-order valence-corrected chi connectivity index (χ2v) is 11.3. The van der Waals surface area contributed by atoms with Gasteiger partial charge in [0.25, 0.3) is 10.0 Å². The average molecular weight is 546 g/mol. The summed E-state index contributed by atoms with van der Waals surface area (Å²) < 4.78 is 35.4. The summed E-state index contributed by atoms with van der Waals surface area (Å²) in [4.78, 5) is 0.223. The van der Waals surface area contributed by atoms with Crippen molar-refractivity contribution in [1.29, 1.82) is 0 Å². The third-order valence-electron chi connectivity index (χ3n) is 6.25. The molecule has 0 radical (unpaired) electrons. The molecular weight excluding hydrogens is 524 g/mol. The Morgan fingerprint density at radius 3 is 2.73 bits per heavy atom. The van der Waals surface area contributed by atoms with E-state index in [-0.39, 0.29) is 22.8 Å². The van der Waals surface area contributed by atoms with Crippen molar-refractivity contribution in [2.45, 2.75) is 23.3 Å². The number of allylic oxidation sites excluding steroid dienone is 2. The number of ether oxygens (including phenoxy) is 1. The van der Waals surface area contributed by atoms with Gasteiger partial charge in [-0.2, -0.15) is 0 Å². The Balaban J connectivity index is 1.51. The number of nitrogens with one attached hydrogen (secondary N) is 2. The molecule has 33 heavy (non-hydrogen) atoms. The molecule has 0 spiro atoms. The molecule has 1 aliphatic heterocycles. The van der Waals surface area contributed by atoms with E-state index in [4.69, 9.17) is 16.3 Å². The molecule has 5 nitrogen and oxygen atoms in total. The van der Waals surface area contributed by atoms with Crippen molar-refractivity contribution >= 4 is 48.9 Å². The lowest BCUT2D eigenvalue weighted by Crippen LogP contribution is -2.29. The number of fused-ring (bicyclic) bond motifs is 3. The number of anilines is 2. The lowest BCUT2D eigenvalue weighted by atomic mass is 9.77. The van der Waals surface area contributed by atoms with Gasteiger partial charge in [0.2, 0.25) is 0 Å². The van der Waals surface area contributed by atoms with Gasteiger partial charge in [-0.3, -0.25) is 4.72 Å². The van der Waals surface area contributed by atoms with Crippen LogP contribution in [0.5, 0.6) is 5.75 Å². The summed E-state index contributed by atoms with van der Waals surface area (Å²) in [5.41, 5.74) is 3.42. The molecule has 0 bridgehead atoms. The van der Waals surface area contributed by atoms with Crippen LogP contribution in [0.4, 0.5) is 11.4 Å². The number of hydrogen-bond acceptors (Lipinski definition) is 4. The quantitative estimate of drug-likeness (QED) is 0.349. The van der Waals surface area contributed by atoms with E-state index in [0.29, 0.717) is 10.7 Å². The van der Waals surface area contributed by atoms with Gasteiger partial charge in [-0.25, -0.2) is 8.42 Å². The molecule has 8 heteroatoms. The summed E-state index contributed by atoms with van der Waals surface area (Å²) in [5, 5.41) is 4.12. The van der Waals surface area contributed by atoms with Crippen molar-refractivity contribution in [3.63, 3.8) is 0 Å². The molecule has 3 aromatic rings. The molecular formula is C25H22BrClN2O3S. The Bertz CT molecular complexity index is 1360. The monoisotopic (exact) mass is 544 g/mol. The van der Waals surface area contributed by atoms with Crippen LogP contribution < -0.4 is 14.8 Å². The van der Waals surface area contributed by atoms with Crippen molar-refractivity contribution in [1.82, 2.24) is 0 Å². The molecule has 2 N–H and O–H groups in total. The fourth-order valence-corrected chi connectivity index (χ4v) is 6.42. The molecule has 0 saturated heterocycles. The molecule has 0 aromatic heterocycles. The first-order chi connectivity index (χ1) is 15.9. The summed E-state index contributed by atoms with van der Waals surface area (Å²) in [6.07, 6.45) is 5.26. The van der Waals surface area contributed by atoms with Crippen LogP contribution in [-0.4, -0.2) is 15.5 Å². The predicted octanol–water partition coefficient (Wildman–Crippen LogP) is 6.74. The van der Waals surface area contributed by atoms with E-state index in [1.807, 2.05) is 18.2 Å². The molecule has 1 heterocycles. The maximum absolute atomic E-state index is 13.1. The summed E-state index contributed by atoms with van der Waals surface area (Å²) >= 11 is 9.59. The molecule has 0 fully saturated rings. The van der Waals surface area contributed by atoms with E-state index >= 15 is 0 Å². The van der Waals surface area contributed by atoms with Crippen LogP contribution in [0.3, 0.4) is 0 Å². The van der Waals surface area contributed by atoms with E-state index < -0.39 is 10.0 Å². The van der Waals surface area contributed by atoms with Gasteiger partial charge in [-0.05, 0) is 72.5 Å². The van der Waals surface area contributed by atoms with Gasteiger partial charge >= 0.3 is 0 Å². The first-order valence-electron chi connectivity index (χ1n) is 10.5. The number of benzene rings is 3. The van der Waals surface area contributed by atoms with Crippen molar-refractivity contribution < 1.29 is 13.2 Å². The SMILES string of the molecule is COc1ccc(Br)cc1[C@H]1Nc2ccc(S(=O)(=O)Nc3cccc(Cl)c3)cc2[C@H]2C=CC[C@H]21. The molecule has 170 valence electrons. The molecule has 0 unspecified atom stereocenters. The Morgan fingerprint density at radius 2 is 1.94 bits per heavy atom. The van der Waals surface area contributed by atoms with Crippen molar-refractivity contribution in [2.24, 2.45) is 5.92 Å². The fourth-order valence-electron chi connectivity index (χ4n) is 4.76. The molecule has 0 amide bonds. The standard InChI is InChI=1S/C25H22BrClN2O3S/c1-32-24-11-8-15(26)12-22(24)25-20-7-3-6-19(20)21-14-18(9-10-23(21)28-25)33(30,31)29-17-5-2-4-16(27)13-17/h2-6,8-14,19-20,25,28-29H,7H2,1H3/t19-,20+,25-/m0/s1. The Kier molecular flexibility index (Phi) is 5.89. The minimum atomic E-state index is -3.76. The molecule has 2 aliphatic rings. The van der Waals surface area contributed by atoms with Gasteiger partial charge in [0.15, 0.2) is 0 Å². The zero-order valence-electron chi connectivity index (χ0n) is 17.8. The Hall–Kier alpha value is -2.48. The predicted molar refractivity (Wildman–Crippen MR) is 136 cm³/mol. The average Bonchev–Trinajstić information content (AvgIpc) is 3.28. The smallest absolute Gasteiger partial charge is 0.261 e. The zero-order chi connectivity index (χ0) is 23.2. The number of methoxy groups -OCH3 is 1. The van der Waals surface area contributed by atoms with Gasteiger partial charge in [-0.15, -0.1) is 0 Å². The van der Waals surface area contributed by atoms with Crippen LogP contribution >= 0.6 is 27.5 Å². The second kappa shape index (κ2) is 8.70. The van der Waals surface area contributed by atoms with E-state index in [1.54, 1.807) is 43.5 Å². The third kappa shape index (κ3) is 4.25. The number of sulfonamides is 1. The van der Waals surface area contributed by atoms with Crippen LogP contribution in [0.2, 0.25) is 5.02 Å². The topological polar surface area (TPSA) is 67.4 Å². The number of halogens is 2. The summed E-state index contributed by atoms with van der Waals surface area (Å²) in [5.74, 6) is 1.19. The van der Waals surface area contributed by atoms with Crippen molar-refractivity contribution in [3.05, 3.63) is 93.4 Å². The largest absolute Gasteiger partial charge is 0.496 e. The van der Waals surface area contributed by atoms with Crippen molar-refractivity contribution in [2.75, 3.05) is 17.1 Å². The number of hydrogen-bond donors (Lipinski definition) is 2. The van der Waals surface area contributed by atoms with E-state index in [2.05, 4.69) is 44.2 Å². The second-order valence-electron chi connectivity index (χ2n) is 8.23. The first kappa shape index (κ1) is 22.3. The Morgan fingerprint density at radius 1 is 1.09 bits per heavy atom. The zero-order valence-corrected chi connectivity index (χ0v) is 20.9. The van der Waals surface area contributed by atoms with Gasteiger partial charge < -0.3 is 10.1 Å². The maximum atomic E-state index is 13.1. The van der Waals surface area contributed by atoms with Gasteiger partial charge in [-0.1, -0.05) is 45.7 Å². The van der Waals surface area contributed by atoms with Gasteiger partial charge in [0.05, 0.1) is 23.7 Å². The fraction of sp³-hybridized carbons (Fsp3) is 0.200. The van der Waals surface area contributed by atoms with E-state index in [0.717, 1.165) is 33.5 Å². The summed E-state index contributed by atoms with van der Waals surface area (Å²) in [6, 6.07) is 18.0. The van der Waals surface area contributed by atoms with E-state index in [9.17, 15) is 8.42 Å². The normalized spacial score (nSPS) is 21.1. The summed E-state index contributed by atoms with van der Waals surface area (Å²) in [6.45, 7) is 0. The highest BCUT2D eigenvalue weighted by atomic mass is 79.9.